The fourth-order valence-electron chi connectivity index (χ4n) is 2.90. The molecule has 1 amide bonds. The lowest BCUT2D eigenvalue weighted by molar-refractivity contribution is -0.130. The van der Waals surface area contributed by atoms with E-state index in [0.29, 0.717) is 13.0 Å². The van der Waals surface area contributed by atoms with Crippen molar-refractivity contribution in [3.8, 4) is 0 Å². The number of sulfone groups is 1. The maximum absolute atomic E-state index is 12.0. The minimum Gasteiger partial charge on any atom is -0.379 e. The van der Waals surface area contributed by atoms with E-state index >= 15 is 0 Å². The zero-order valence-electron chi connectivity index (χ0n) is 12.2. The molecule has 122 valence electrons. The third-order valence-electron chi connectivity index (χ3n) is 4.06. The Labute approximate surface area is 131 Å². The molecule has 0 unspecified atom stereocenters. The summed E-state index contributed by atoms with van der Waals surface area (Å²) in [5.74, 6) is -0.00479. The maximum atomic E-state index is 12.0. The zero-order chi connectivity index (χ0) is 15.3. The van der Waals surface area contributed by atoms with Gasteiger partial charge in [-0.3, -0.25) is 9.69 Å². The monoisotopic (exact) mass is 338 g/mol. The lowest BCUT2D eigenvalue weighted by Crippen LogP contribution is -2.44. The van der Waals surface area contributed by atoms with Gasteiger partial charge in [-0.15, -0.1) is 11.6 Å². The quantitative estimate of drug-likeness (QED) is 0.636. The highest BCUT2D eigenvalue weighted by molar-refractivity contribution is 7.91. The third-order valence-corrected chi connectivity index (χ3v) is 6.04. The molecule has 21 heavy (non-hydrogen) atoms. The molecule has 2 saturated heterocycles. The second-order valence-corrected chi connectivity index (χ2v) is 8.08. The van der Waals surface area contributed by atoms with E-state index < -0.39 is 9.84 Å². The largest absolute Gasteiger partial charge is 0.379 e. The summed E-state index contributed by atoms with van der Waals surface area (Å²) in [6, 6.07) is -0.203. The first kappa shape index (κ1) is 17.0. The molecule has 0 aromatic carbocycles. The van der Waals surface area contributed by atoms with Crippen LogP contribution in [-0.2, 0) is 19.4 Å². The molecule has 1 atom stereocenters. The molecule has 0 aliphatic carbocycles. The number of carbonyl (C=O) groups is 1. The van der Waals surface area contributed by atoms with Crippen LogP contribution in [0.25, 0.3) is 0 Å². The molecule has 0 saturated carbocycles. The Hall–Kier alpha value is -0.370. The average molecular weight is 339 g/mol. The number of ether oxygens (including phenoxy) is 1. The van der Waals surface area contributed by atoms with Gasteiger partial charge in [0.15, 0.2) is 9.84 Å². The molecule has 2 aliphatic rings. The SMILES string of the molecule is O=C(CCl)N(CCCN1CCOCC1)[C@H]1CCS(=O)(=O)C1. The minimum atomic E-state index is -2.99. The molecule has 0 aromatic heterocycles. The molecule has 0 bridgehead atoms. The van der Waals surface area contributed by atoms with Crippen LogP contribution in [0.15, 0.2) is 0 Å². The summed E-state index contributed by atoms with van der Waals surface area (Å²) in [5.41, 5.74) is 0. The first-order valence-electron chi connectivity index (χ1n) is 7.38. The number of morpholine rings is 1. The van der Waals surface area contributed by atoms with Crippen molar-refractivity contribution in [1.82, 2.24) is 9.80 Å². The molecule has 6 nitrogen and oxygen atoms in total. The number of rotatable bonds is 6. The van der Waals surface area contributed by atoms with E-state index in [4.69, 9.17) is 16.3 Å². The normalized spacial score (nSPS) is 25.9. The van der Waals surface area contributed by atoms with Crippen molar-refractivity contribution in [2.24, 2.45) is 0 Å². The molecule has 0 N–H and O–H groups in total. The summed E-state index contributed by atoms with van der Waals surface area (Å²) in [4.78, 5) is 15.9. The number of halogens is 1. The fraction of sp³-hybridized carbons (Fsp3) is 0.923. The highest BCUT2D eigenvalue weighted by Gasteiger charge is 2.34. The summed E-state index contributed by atoms with van der Waals surface area (Å²) in [5, 5.41) is 0. The topological polar surface area (TPSA) is 66.9 Å². The van der Waals surface area contributed by atoms with Gasteiger partial charge in [0.2, 0.25) is 5.91 Å². The summed E-state index contributed by atoms with van der Waals surface area (Å²) in [6.45, 7) is 4.82. The van der Waals surface area contributed by atoms with Crippen molar-refractivity contribution in [2.45, 2.75) is 18.9 Å². The molecule has 2 aliphatic heterocycles. The van der Waals surface area contributed by atoms with Crippen LogP contribution in [0.4, 0.5) is 0 Å². The summed E-state index contributed by atoms with van der Waals surface area (Å²) in [6.07, 6.45) is 1.36. The van der Waals surface area contributed by atoms with Gasteiger partial charge in [0.05, 0.1) is 24.7 Å². The van der Waals surface area contributed by atoms with E-state index in [1.807, 2.05) is 0 Å². The van der Waals surface area contributed by atoms with Gasteiger partial charge in [-0.05, 0) is 12.8 Å². The predicted octanol–water partition coefficient (Wildman–Crippen LogP) is -0.0368. The van der Waals surface area contributed by atoms with Crippen LogP contribution in [0, 0.1) is 0 Å². The van der Waals surface area contributed by atoms with Crippen LogP contribution in [0.5, 0.6) is 0 Å². The summed E-state index contributed by atoms with van der Waals surface area (Å²) < 4.78 is 28.5. The molecule has 0 radical (unpaired) electrons. The molecule has 0 spiro atoms. The van der Waals surface area contributed by atoms with Gasteiger partial charge < -0.3 is 9.64 Å². The molecular weight excluding hydrogens is 316 g/mol. The fourth-order valence-corrected chi connectivity index (χ4v) is 4.78. The van der Waals surface area contributed by atoms with Crippen molar-refractivity contribution in [3.63, 3.8) is 0 Å². The second kappa shape index (κ2) is 7.76. The van der Waals surface area contributed by atoms with Crippen LogP contribution >= 0.6 is 11.6 Å². The third kappa shape index (κ3) is 5.09. The molecule has 0 aromatic rings. The van der Waals surface area contributed by atoms with Gasteiger partial charge in [0, 0.05) is 32.2 Å². The highest BCUT2D eigenvalue weighted by Crippen LogP contribution is 2.18. The average Bonchev–Trinajstić information content (AvgIpc) is 2.84. The van der Waals surface area contributed by atoms with E-state index in [2.05, 4.69) is 4.90 Å². The Kier molecular flexibility index (Phi) is 6.28. The van der Waals surface area contributed by atoms with E-state index in [-0.39, 0.29) is 29.3 Å². The number of carbonyl (C=O) groups excluding carboxylic acids is 1. The van der Waals surface area contributed by atoms with Crippen LogP contribution in [0.3, 0.4) is 0 Å². The van der Waals surface area contributed by atoms with Crippen LogP contribution in [0.2, 0.25) is 0 Å². The van der Waals surface area contributed by atoms with Crippen LogP contribution < -0.4 is 0 Å². The van der Waals surface area contributed by atoms with Gasteiger partial charge in [0.1, 0.15) is 5.88 Å². The lowest BCUT2D eigenvalue weighted by Gasteiger charge is -2.30. The smallest absolute Gasteiger partial charge is 0.237 e. The maximum Gasteiger partial charge on any atom is 0.237 e. The molecule has 2 rings (SSSR count). The Bertz CT molecular complexity index is 451. The summed E-state index contributed by atoms with van der Waals surface area (Å²) >= 11 is 5.66. The van der Waals surface area contributed by atoms with Crippen molar-refractivity contribution in [1.29, 1.82) is 0 Å². The van der Waals surface area contributed by atoms with Crippen molar-refractivity contribution >= 4 is 27.3 Å². The van der Waals surface area contributed by atoms with Gasteiger partial charge >= 0.3 is 0 Å². The van der Waals surface area contributed by atoms with E-state index in [9.17, 15) is 13.2 Å². The Morgan fingerprint density at radius 2 is 2.05 bits per heavy atom. The number of hydrogen-bond acceptors (Lipinski definition) is 5. The van der Waals surface area contributed by atoms with Gasteiger partial charge in [0.25, 0.3) is 0 Å². The van der Waals surface area contributed by atoms with E-state index in [0.717, 1.165) is 39.3 Å². The predicted molar refractivity (Wildman–Crippen MR) is 81.4 cm³/mol. The van der Waals surface area contributed by atoms with Crippen LogP contribution in [0.1, 0.15) is 12.8 Å². The Morgan fingerprint density at radius 3 is 2.62 bits per heavy atom. The van der Waals surface area contributed by atoms with Crippen molar-refractivity contribution < 1.29 is 17.9 Å². The van der Waals surface area contributed by atoms with E-state index in [1.165, 1.54) is 0 Å². The summed E-state index contributed by atoms with van der Waals surface area (Å²) in [7, 11) is -2.99. The van der Waals surface area contributed by atoms with E-state index in [1.54, 1.807) is 4.90 Å². The molecule has 2 heterocycles. The number of amides is 1. The number of hydrogen-bond donors (Lipinski definition) is 0. The standard InChI is InChI=1S/C13H23ClN2O4S/c14-10-13(17)16(12-2-9-21(18,19)11-12)4-1-3-15-5-7-20-8-6-15/h12H,1-11H2/t12-/m0/s1. The van der Waals surface area contributed by atoms with Gasteiger partial charge in [-0.2, -0.15) is 0 Å². The molecular formula is C13H23ClN2O4S. The lowest BCUT2D eigenvalue weighted by atomic mass is 10.2. The van der Waals surface area contributed by atoms with Crippen LogP contribution in [-0.4, -0.2) is 86.9 Å². The molecule has 2 fully saturated rings. The van der Waals surface area contributed by atoms with Gasteiger partial charge in [-0.25, -0.2) is 8.42 Å². The van der Waals surface area contributed by atoms with Crippen molar-refractivity contribution in [3.05, 3.63) is 0 Å². The zero-order valence-corrected chi connectivity index (χ0v) is 13.7. The first-order valence-corrected chi connectivity index (χ1v) is 9.73. The van der Waals surface area contributed by atoms with Crippen molar-refractivity contribution in [2.75, 3.05) is 56.8 Å². The molecule has 8 heteroatoms. The second-order valence-electron chi connectivity index (χ2n) is 5.59. The van der Waals surface area contributed by atoms with Gasteiger partial charge in [-0.1, -0.05) is 0 Å². The number of alkyl halides is 1. The Morgan fingerprint density at radius 1 is 1.33 bits per heavy atom. The Balaban J connectivity index is 1.83. The highest BCUT2D eigenvalue weighted by atomic mass is 35.5. The minimum absolute atomic E-state index is 0.0766. The first-order chi connectivity index (χ1) is 10.0. The number of nitrogens with zero attached hydrogens (tertiary/aromatic N) is 2.